The Labute approximate surface area is 145 Å². The molecule has 1 unspecified atom stereocenters. The van der Waals surface area contributed by atoms with Crippen molar-refractivity contribution in [2.45, 2.75) is 26.2 Å². The van der Waals surface area contributed by atoms with Crippen LogP contribution in [-0.4, -0.2) is 52.5 Å². The normalized spacial score (nSPS) is 17.9. The molecule has 134 valence electrons. The summed E-state index contributed by atoms with van der Waals surface area (Å²) in [5.41, 5.74) is 2.65. The molecule has 1 atom stereocenters. The van der Waals surface area contributed by atoms with Crippen molar-refractivity contribution in [2.75, 3.05) is 46.6 Å². The molecule has 0 spiro atoms. The van der Waals surface area contributed by atoms with Gasteiger partial charge in [0.25, 0.3) is 0 Å². The van der Waals surface area contributed by atoms with Crippen LogP contribution in [0, 0.1) is 12.8 Å². The lowest BCUT2D eigenvalue weighted by atomic mass is 10.1. The topological polar surface area (TPSA) is 54.9 Å². The molecule has 1 aliphatic heterocycles. The molecule has 24 heavy (non-hydrogen) atoms. The Kier molecular flexibility index (Phi) is 8.63. The van der Waals surface area contributed by atoms with Gasteiger partial charge >= 0.3 is 0 Å². The van der Waals surface area contributed by atoms with Crippen LogP contribution in [0.5, 0.6) is 0 Å². The molecule has 5 heteroatoms. The number of hydrogen-bond donors (Lipinski definition) is 2. The zero-order valence-electron chi connectivity index (χ0n) is 15.0. The minimum Gasteiger partial charge on any atom is -0.381 e. The van der Waals surface area contributed by atoms with Crippen LogP contribution in [0.3, 0.4) is 0 Å². The Morgan fingerprint density at radius 1 is 1.33 bits per heavy atom. The number of rotatable bonds is 9. The molecule has 1 heterocycles. The number of aryl methyl sites for hydroxylation is 1. The molecular weight excluding hydrogens is 302 g/mol. The van der Waals surface area contributed by atoms with Crippen molar-refractivity contribution in [1.29, 1.82) is 0 Å². The smallest absolute Gasteiger partial charge is 0.190 e. The lowest BCUT2D eigenvalue weighted by Gasteiger charge is -2.13. The van der Waals surface area contributed by atoms with Crippen molar-refractivity contribution in [3.63, 3.8) is 0 Å². The second-order valence-electron chi connectivity index (χ2n) is 6.32. The van der Waals surface area contributed by atoms with Crippen molar-refractivity contribution < 1.29 is 9.47 Å². The highest BCUT2D eigenvalue weighted by Crippen LogP contribution is 2.12. The van der Waals surface area contributed by atoms with E-state index in [2.05, 4.69) is 46.8 Å². The van der Waals surface area contributed by atoms with E-state index in [0.29, 0.717) is 5.92 Å². The summed E-state index contributed by atoms with van der Waals surface area (Å²) >= 11 is 0. The van der Waals surface area contributed by atoms with Gasteiger partial charge in [-0.25, -0.2) is 0 Å². The van der Waals surface area contributed by atoms with Gasteiger partial charge in [-0.2, -0.15) is 0 Å². The number of nitrogens with one attached hydrogen (secondary N) is 2. The van der Waals surface area contributed by atoms with Gasteiger partial charge in [-0.1, -0.05) is 29.8 Å². The van der Waals surface area contributed by atoms with E-state index < -0.39 is 0 Å². The Balaban J connectivity index is 1.50. The van der Waals surface area contributed by atoms with Gasteiger partial charge in [-0.05, 0) is 31.7 Å². The molecule has 1 aliphatic rings. The second kappa shape index (κ2) is 11.0. The standard InChI is InChI=1S/C19H31N3O2/c1-16-5-3-6-17(13-16)7-10-22-19(20-2)21-9-4-11-23-14-18-8-12-24-15-18/h3,5-6,13,18H,4,7-12,14-15H2,1-2H3,(H2,20,21,22). The fraction of sp³-hybridized carbons (Fsp3) is 0.632. The number of benzene rings is 1. The van der Waals surface area contributed by atoms with Crippen LogP contribution in [0.1, 0.15) is 24.0 Å². The van der Waals surface area contributed by atoms with Crippen LogP contribution >= 0.6 is 0 Å². The van der Waals surface area contributed by atoms with Crippen LogP contribution in [0.4, 0.5) is 0 Å². The van der Waals surface area contributed by atoms with Crippen LogP contribution in [0.2, 0.25) is 0 Å². The average molecular weight is 333 g/mol. The van der Waals surface area contributed by atoms with Gasteiger partial charge < -0.3 is 20.1 Å². The molecule has 1 aromatic carbocycles. The molecule has 0 saturated carbocycles. The molecule has 5 nitrogen and oxygen atoms in total. The molecule has 2 rings (SSSR count). The molecular formula is C19H31N3O2. The zero-order valence-corrected chi connectivity index (χ0v) is 15.0. The SMILES string of the molecule is CN=C(NCCCOCC1CCOC1)NCCc1cccc(C)c1. The van der Waals surface area contributed by atoms with Crippen LogP contribution in [-0.2, 0) is 15.9 Å². The monoisotopic (exact) mass is 333 g/mol. The first-order chi connectivity index (χ1) is 11.8. The van der Waals surface area contributed by atoms with E-state index in [9.17, 15) is 0 Å². The van der Waals surface area contributed by atoms with Crippen LogP contribution < -0.4 is 10.6 Å². The summed E-state index contributed by atoms with van der Waals surface area (Å²) in [6.07, 6.45) is 3.11. The van der Waals surface area contributed by atoms with Gasteiger partial charge in [-0.15, -0.1) is 0 Å². The number of ether oxygens (including phenoxy) is 2. The fourth-order valence-electron chi connectivity index (χ4n) is 2.76. The molecule has 0 aromatic heterocycles. The van der Waals surface area contributed by atoms with E-state index in [1.54, 1.807) is 7.05 Å². The zero-order chi connectivity index (χ0) is 17.0. The summed E-state index contributed by atoms with van der Waals surface area (Å²) in [5, 5.41) is 6.68. The van der Waals surface area contributed by atoms with Gasteiger partial charge in [-0.3, -0.25) is 4.99 Å². The Bertz CT molecular complexity index is 499. The lowest BCUT2D eigenvalue weighted by Crippen LogP contribution is -2.39. The van der Waals surface area contributed by atoms with Gasteiger partial charge in [0.2, 0.25) is 0 Å². The Hall–Kier alpha value is -1.59. The van der Waals surface area contributed by atoms with E-state index in [4.69, 9.17) is 9.47 Å². The van der Waals surface area contributed by atoms with Crippen molar-refractivity contribution >= 4 is 5.96 Å². The number of aliphatic imine (C=N–C) groups is 1. The van der Waals surface area contributed by atoms with E-state index in [0.717, 1.165) is 64.7 Å². The maximum atomic E-state index is 5.70. The molecule has 0 amide bonds. The summed E-state index contributed by atoms with van der Waals surface area (Å²) in [6, 6.07) is 8.62. The number of nitrogens with zero attached hydrogens (tertiary/aromatic N) is 1. The highest BCUT2D eigenvalue weighted by atomic mass is 16.5. The summed E-state index contributed by atoms with van der Waals surface area (Å²) < 4.78 is 11.0. The fourth-order valence-corrected chi connectivity index (χ4v) is 2.76. The van der Waals surface area contributed by atoms with Gasteiger partial charge in [0, 0.05) is 39.3 Å². The van der Waals surface area contributed by atoms with E-state index in [-0.39, 0.29) is 0 Å². The highest BCUT2D eigenvalue weighted by Gasteiger charge is 2.15. The summed E-state index contributed by atoms with van der Waals surface area (Å²) in [4.78, 5) is 4.25. The third-order valence-electron chi connectivity index (χ3n) is 4.15. The molecule has 0 aliphatic carbocycles. The first kappa shape index (κ1) is 18.7. The van der Waals surface area contributed by atoms with Crippen molar-refractivity contribution in [3.8, 4) is 0 Å². The Morgan fingerprint density at radius 2 is 2.21 bits per heavy atom. The molecule has 1 fully saturated rings. The molecule has 0 radical (unpaired) electrons. The predicted molar refractivity (Wildman–Crippen MR) is 98.6 cm³/mol. The van der Waals surface area contributed by atoms with E-state index in [1.165, 1.54) is 11.1 Å². The van der Waals surface area contributed by atoms with Gasteiger partial charge in [0.1, 0.15) is 0 Å². The van der Waals surface area contributed by atoms with Crippen LogP contribution in [0.25, 0.3) is 0 Å². The average Bonchev–Trinajstić information content (AvgIpc) is 3.09. The third kappa shape index (κ3) is 7.32. The molecule has 1 saturated heterocycles. The van der Waals surface area contributed by atoms with E-state index >= 15 is 0 Å². The second-order valence-corrected chi connectivity index (χ2v) is 6.32. The first-order valence-electron chi connectivity index (χ1n) is 8.93. The van der Waals surface area contributed by atoms with Crippen molar-refractivity contribution in [3.05, 3.63) is 35.4 Å². The maximum absolute atomic E-state index is 5.70. The molecule has 2 N–H and O–H groups in total. The summed E-state index contributed by atoms with van der Waals surface area (Å²) in [7, 11) is 1.80. The predicted octanol–water partition coefficient (Wildman–Crippen LogP) is 2.15. The largest absolute Gasteiger partial charge is 0.381 e. The van der Waals surface area contributed by atoms with Crippen molar-refractivity contribution in [1.82, 2.24) is 10.6 Å². The van der Waals surface area contributed by atoms with Gasteiger partial charge in [0.15, 0.2) is 5.96 Å². The summed E-state index contributed by atoms with van der Waals surface area (Å²) in [6.45, 7) is 7.22. The third-order valence-corrected chi connectivity index (χ3v) is 4.15. The van der Waals surface area contributed by atoms with E-state index in [1.807, 2.05) is 0 Å². The minimum absolute atomic E-state index is 0.592. The summed E-state index contributed by atoms with van der Waals surface area (Å²) in [5.74, 6) is 1.45. The van der Waals surface area contributed by atoms with Crippen LogP contribution in [0.15, 0.2) is 29.3 Å². The van der Waals surface area contributed by atoms with Crippen molar-refractivity contribution in [2.24, 2.45) is 10.9 Å². The first-order valence-corrected chi connectivity index (χ1v) is 8.93. The van der Waals surface area contributed by atoms with Gasteiger partial charge in [0.05, 0.1) is 13.2 Å². The molecule has 0 bridgehead atoms. The Morgan fingerprint density at radius 3 is 2.96 bits per heavy atom. The lowest BCUT2D eigenvalue weighted by molar-refractivity contribution is 0.0888. The quantitative estimate of drug-likeness (QED) is 0.413. The molecule has 1 aromatic rings. The maximum Gasteiger partial charge on any atom is 0.190 e. The highest BCUT2D eigenvalue weighted by molar-refractivity contribution is 5.79. The number of hydrogen-bond acceptors (Lipinski definition) is 3. The minimum atomic E-state index is 0.592. The number of guanidine groups is 1.